The van der Waals surface area contributed by atoms with Crippen LogP contribution in [0.15, 0.2) is 60.0 Å². The van der Waals surface area contributed by atoms with Crippen molar-refractivity contribution in [2.45, 2.75) is 26.2 Å². The maximum atomic E-state index is 12.1. The highest BCUT2D eigenvalue weighted by Gasteiger charge is 2.08. The van der Waals surface area contributed by atoms with Gasteiger partial charge in [-0.1, -0.05) is 67.9 Å². The van der Waals surface area contributed by atoms with Crippen LogP contribution in [0.2, 0.25) is 5.02 Å². The Morgan fingerprint density at radius 2 is 1.96 bits per heavy atom. The molecule has 3 aromatic rings. The first kappa shape index (κ1) is 19.3. The number of nitrogens with zero attached hydrogens (tertiary/aromatic N) is 1. The van der Waals surface area contributed by atoms with Crippen LogP contribution in [0.4, 0.5) is 5.13 Å². The number of aromatic nitrogens is 1. The molecule has 0 saturated carbocycles. The third-order valence-corrected chi connectivity index (χ3v) is 5.54. The van der Waals surface area contributed by atoms with E-state index in [0.29, 0.717) is 16.1 Å². The van der Waals surface area contributed by atoms with Crippen molar-refractivity contribution in [3.8, 4) is 11.3 Å². The van der Waals surface area contributed by atoms with Gasteiger partial charge in [0.05, 0.1) is 5.69 Å². The van der Waals surface area contributed by atoms with Crippen molar-refractivity contribution >= 4 is 40.1 Å². The maximum Gasteiger partial charge on any atom is 0.250 e. The van der Waals surface area contributed by atoms with Crippen molar-refractivity contribution in [3.63, 3.8) is 0 Å². The number of amides is 1. The monoisotopic (exact) mass is 396 g/mol. The van der Waals surface area contributed by atoms with E-state index in [2.05, 4.69) is 48.4 Å². The molecule has 1 amide bonds. The zero-order chi connectivity index (χ0) is 19.2. The van der Waals surface area contributed by atoms with Crippen LogP contribution in [-0.4, -0.2) is 10.9 Å². The van der Waals surface area contributed by atoms with E-state index in [1.54, 1.807) is 12.1 Å². The smallest absolute Gasteiger partial charge is 0.250 e. The zero-order valence-electron chi connectivity index (χ0n) is 15.3. The van der Waals surface area contributed by atoms with Gasteiger partial charge in [0.25, 0.3) is 0 Å². The van der Waals surface area contributed by atoms with Crippen LogP contribution >= 0.6 is 22.9 Å². The number of carbonyl (C=O) groups is 1. The van der Waals surface area contributed by atoms with Gasteiger partial charge in [-0.3, -0.25) is 10.1 Å². The Morgan fingerprint density at radius 1 is 1.22 bits per heavy atom. The van der Waals surface area contributed by atoms with E-state index in [0.717, 1.165) is 23.2 Å². The van der Waals surface area contributed by atoms with Crippen LogP contribution in [0.1, 0.15) is 37.3 Å². The number of anilines is 1. The maximum absolute atomic E-state index is 12.1. The Kier molecular flexibility index (Phi) is 6.43. The molecule has 1 atom stereocenters. The average molecular weight is 397 g/mol. The molecule has 1 unspecified atom stereocenters. The number of rotatable bonds is 6. The van der Waals surface area contributed by atoms with Gasteiger partial charge in [0.15, 0.2) is 5.13 Å². The molecule has 0 spiro atoms. The minimum atomic E-state index is -0.233. The first-order valence-electron chi connectivity index (χ1n) is 8.86. The van der Waals surface area contributed by atoms with Gasteiger partial charge in [-0.25, -0.2) is 4.98 Å². The second-order valence-corrected chi connectivity index (χ2v) is 7.58. The summed E-state index contributed by atoms with van der Waals surface area (Å²) in [6, 6.07) is 15.8. The minimum absolute atomic E-state index is 0.233. The normalized spacial score (nSPS) is 12.3. The van der Waals surface area contributed by atoms with Gasteiger partial charge in [0.2, 0.25) is 5.91 Å². The highest BCUT2D eigenvalue weighted by Crippen LogP contribution is 2.27. The van der Waals surface area contributed by atoms with Crippen LogP contribution in [0.25, 0.3) is 17.3 Å². The lowest BCUT2D eigenvalue weighted by Crippen LogP contribution is -2.07. The molecule has 1 N–H and O–H groups in total. The molecule has 1 aromatic heterocycles. The summed E-state index contributed by atoms with van der Waals surface area (Å²) < 4.78 is 0. The number of hydrogen-bond acceptors (Lipinski definition) is 3. The number of thiazole rings is 1. The predicted molar refractivity (Wildman–Crippen MR) is 115 cm³/mol. The van der Waals surface area contributed by atoms with Gasteiger partial charge in [0.1, 0.15) is 0 Å². The lowest BCUT2D eigenvalue weighted by atomic mass is 9.97. The highest BCUT2D eigenvalue weighted by molar-refractivity contribution is 7.14. The molecule has 0 aliphatic carbocycles. The van der Waals surface area contributed by atoms with Crippen LogP contribution in [0.5, 0.6) is 0 Å². The molecule has 0 saturated heterocycles. The first-order valence-corrected chi connectivity index (χ1v) is 10.1. The van der Waals surface area contributed by atoms with Gasteiger partial charge < -0.3 is 0 Å². The summed E-state index contributed by atoms with van der Waals surface area (Å²) in [5, 5.41) is 5.93. The lowest BCUT2D eigenvalue weighted by molar-refractivity contribution is -0.111. The zero-order valence-corrected chi connectivity index (χ0v) is 16.8. The van der Waals surface area contributed by atoms with Crippen molar-refractivity contribution in [2.24, 2.45) is 0 Å². The predicted octanol–water partition coefficient (Wildman–Crippen LogP) is 6.63. The van der Waals surface area contributed by atoms with Gasteiger partial charge in [-0.2, -0.15) is 0 Å². The van der Waals surface area contributed by atoms with E-state index in [1.165, 1.54) is 23.0 Å². The topological polar surface area (TPSA) is 42.0 Å². The third kappa shape index (κ3) is 5.06. The van der Waals surface area contributed by atoms with Crippen LogP contribution in [-0.2, 0) is 4.79 Å². The molecule has 0 radical (unpaired) electrons. The van der Waals surface area contributed by atoms with Gasteiger partial charge in [0, 0.05) is 22.0 Å². The Hall–Kier alpha value is -2.43. The summed E-state index contributed by atoms with van der Waals surface area (Å²) in [6.45, 7) is 4.41. The number of nitrogens with one attached hydrogen (secondary N) is 1. The number of benzene rings is 2. The van der Waals surface area contributed by atoms with Gasteiger partial charge in [-0.15, -0.1) is 11.3 Å². The summed E-state index contributed by atoms with van der Waals surface area (Å²) in [4.78, 5) is 16.6. The van der Waals surface area contributed by atoms with Crippen molar-refractivity contribution < 1.29 is 4.79 Å². The van der Waals surface area contributed by atoms with Gasteiger partial charge >= 0.3 is 0 Å². The molecule has 0 aliphatic rings. The summed E-state index contributed by atoms with van der Waals surface area (Å²) >= 11 is 7.50. The van der Waals surface area contributed by atoms with Gasteiger partial charge in [-0.05, 0) is 35.6 Å². The molecular weight excluding hydrogens is 376 g/mol. The Balaban J connectivity index is 1.65. The summed E-state index contributed by atoms with van der Waals surface area (Å²) in [6.07, 6.45) is 4.27. The summed E-state index contributed by atoms with van der Waals surface area (Å²) in [5.74, 6) is 0.317. The van der Waals surface area contributed by atoms with Crippen LogP contribution in [0, 0.1) is 0 Å². The van der Waals surface area contributed by atoms with Crippen LogP contribution < -0.4 is 5.32 Å². The second-order valence-electron chi connectivity index (χ2n) is 6.31. The Morgan fingerprint density at radius 3 is 2.67 bits per heavy atom. The quantitative estimate of drug-likeness (QED) is 0.475. The molecule has 3 rings (SSSR count). The fourth-order valence-corrected chi connectivity index (χ4v) is 3.53. The minimum Gasteiger partial charge on any atom is -0.298 e. The molecule has 27 heavy (non-hydrogen) atoms. The summed E-state index contributed by atoms with van der Waals surface area (Å²) in [5.41, 5.74) is 4.04. The summed E-state index contributed by atoms with van der Waals surface area (Å²) in [7, 11) is 0. The largest absolute Gasteiger partial charge is 0.298 e. The molecule has 138 valence electrons. The van der Waals surface area contributed by atoms with Crippen molar-refractivity contribution in [2.75, 3.05) is 5.32 Å². The molecule has 5 heteroatoms. The fraction of sp³-hybridized carbons (Fsp3) is 0.182. The Bertz CT molecular complexity index is 947. The van der Waals surface area contributed by atoms with E-state index in [9.17, 15) is 4.79 Å². The Labute approximate surface area is 168 Å². The van der Waals surface area contributed by atoms with E-state index in [-0.39, 0.29) is 5.91 Å². The van der Waals surface area contributed by atoms with E-state index < -0.39 is 0 Å². The molecule has 1 heterocycles. The third-order valence-electron chi connectivity index (χ3n) is 4.44. The fourth-order valence-electron chi connectivity index (χ4n) is 2.60. The highest BCUT2D eigenvalue weighted by atomic mass is 35.5. The lowest BCUT2D eigenvalue weighted by Gasteiger charge is -2.08. The van der Waals surface area contributed by atoms with E-state index >= 15 is 0 Å². The average Bonchev–Trinajstić information content (AvgIpc) is 3.15. The number of halogens is 1. The molecule has 0 fully saturated rings. The van der Waals surface area contributed by atoms with Crippen LogP contribution in [0.3, 0.4) is 0 Å². The molecule has 0 bridgehead atoms. The number of carbonyl (C=O) groups excluding carboxylic acids is 1. The molecular formula is C22H21ClN2OS. The van der Waals surface area contributed by atoms with Crippen molar-refractivity contribution in [3.05, 3.63) is 76.1 Å². The SMILES string of the molecule is CCC(C)c1ccc(-c2csc(NC(=O)/C=C/c3ccccc3Cl)n2)cc1. The molecule has 2 aromatic carbocycles. The van der Waals surface area contributed by atoms with Crippen molar-refractivity contribution in [1.29, 1.82) is 0 Å². The van der Waals surface area contributed by atoms with Crippen molar-refractivity contribution in [1.82, 2.24) is 4.98 Å². The first-order chi connectivity index (χ1) is 13.1. The van der Waals surface area contributed by atoms with E-state index in [4.69, 9.17) is 11.6 Å². The van der Waals surface area contributed by atoms with E-state index in [1.807, 2.05) is 23.6 Å². The second kappa shape index (κ2) is 8.98. The number of hydrogen-bond donors (Lipinski definition) is 1. The molecule has 3 nitrogen and oxygen atoms in total. The standard InChI is InChI=1S/C22H21ClN2OS/c1-3-15(2)16-8-10-18(11-9-16)20-14-27-22(24-20)25-21(26)13-12-17-6-4-5-7-19(17)23/h4-15H,3H2,1-2H3,(H,24,25,26)/b13-12+. The molecule has 0 aliphatic heterocycles.